The first kappa shape index (κ1) is 16.6. The second kappa shape index (κ2) is 7.46. The predicted molar refractivity (Wildman–Crippen MR) is 74.8 cm³/mol. The number of hydrogen-bond acceptors (Lipinski definition) is 5. The van der Waals surface area contributed by atoms with Crippen LogP contribution >= 0.6 is 0 Å². The molecule has 1 aromatic rings. The van der Waals surface area contributed by atoms with E-state index in [4.69, 9.17) is 0 Å². The largest absolute Gasteiger partial charge is 0.434 e. The average Bonchev–Trinajstić information content (AvgIpc) is 2.47. The third-order valence-corrected chi connectivity index (χ3v) is 3.75. The number of nitro benzene ring substituents is 1. The lowest BCUT2D eigenvalue weighted by atomic mass is 9.93. The van der Waals surface area contributed by atoms with Crippen molar-refractivity contribution in [2.75, 3.05) is 0 Å². The van der Waals surface area contributed by atoms with Crippen molar-refractivity contribution >= 4 is 5.69 Å². The standard InChI is InChI=1S/C14H18F2N2O4/c15-14(16)22-13-6-3-11(18(20)21)7-9(13)8-17-10-1-4-12(19)5-2-10/h3,6-7,10,12,14,17,19H,1-2,4-5,8H2. The van der Waals surface area contributed by atoms with Crippen molar-refractivity contribution in [3.63, 3.8) is 0 Å². The van der Waals surface area contributed by atoms with Crippen molar-refractivity contribution in [3.05, 3.63) is 33.9 Å². The molecule has 1 fully saturated rings. The highest BCUT2D eigenvalue weighted by molar-refractivity contribution is 5.43. The molecule has 0 heterocycles. The molecule has 0 amide bonds. The van der Waals surface area contributed by atoms with E-state index >= 15 is 0 Å². The molecule has 1 aromatic carbocycles. The van der Waals surface area contributed by atoms with Gasteiger partial charge in [-0.05, 0) is 31.7 Å². The molecule has 2 N–H and O–H groups in total. The molecule has 0 spiro atoms. The molecule has 0 aliphatic heterocycles. The minimum atomic E-state index is -2.98. The van der Waals surface area contributed by atoms with Gasteiger partial charge in [0.25, 0.3) is 5.69 Å². The fraction of sp³-hybridized carbons (Fsp3) is 0.571. The van der Waals surface area contributed by atoms with Gasteiger partial charge in [0.2, 0.25) is 0 Å². The molecule has 0 aromatic heterocycles. The summed E-state index contributed by atoms with van der Waals surface area (Å²) in [6.45, 7) is -2.78. The number of ether oxygens (including phenoxy) is 1. The van der Waals surface area contributed by atoms with Gasteiger partial charge in [-0.25, -0.2) is 0 Å². The Bertz CT molecular complexity index is 520. The lowest BCUT2D eigenvalue weighted by molar-refractivity contribution is -0.385. The van der Waals surface area contributed by atoms with E-state index in [-0.39, 0.29) is 30.1 Å². The highest BCUT2D eigenvalue weighted by Gasteiger charge is 2.20. The summed E-state index contributed by atoms with van der Waals surface area (Å²) >= 11 is 0. The molecule has 122 valence electrons. The highest BCUT2D eigenvalue weighted by atomic mass is 19.3. The first-order valence-corrected chi connectivity index (χ1v) is 7.09. The van der Waals surface area contributed by atoms with Gasteiger partial charge < -0.3 is 15.2 Å². The van der Waals surface area contributed by atoms with Crippen LogP contribution in [0, 0.1) is 10.1 Å². The number of rotatable bonds is 6. The van der Waals surface area contributed by atoms with E-state index in [1.807, 2.05) is 0 Å². The molecular formula is C14H18F2N2O4. The number of aliphatic hydroxyl groups is 1. The Morgan fingerprint density at radius 1 is 1.36 bits per heavy atom. The van der Waals surface area contributed by atoms with Gasteiger partial charge in [0.1, 0.15) is 5.75 Å². The van der Waals surface area contributed by atoms with Crippen LogP contribution in [0.2, 0.25) is 0 Å². The second-order valence-electron chi connectivity index (χ2n) is 5.31. The molecule has 0 bridgehead atoms. The first-order chi connectivity index (χ1) is 10.5. The Labute approximate surface area is 126 Å². The van der Waals surface area contributed by atoms with Crippen LogP contribution in [0.5, 0.6) is 5.75 Å². The Morgan fingerprint density at radius 2 is 2.05 bits per heavy atom. The zero-order valence-corrected chi connectivity index (χ0v) is 11.9. The Balaban J connectivity index is 2.05. The molecule has 22 heavy (non-hydrogen) atoms. The monoisotopic (exact) mass is 316 g/mol. The lowest BCUT2D eigenvalue weighted by Gasteiger charge is -2.26. The van der Waals surface area contributed by atoms with E-state index in [1.54, 1.807) is 0 Å². The van der Waals surface area contributed by atoms with Crippen LogP contribution in [0.1, 0.15) is 31.2 Å². The number of nitrogens with zero attached hydrogens (tertiary/aromatic N) is 1. The molecule has 0 radical (unpaired) electrons. The smallest absolute Gasteiger partial charge is 0.387 e. The minimum Gasteiger partial charge on any atom is -0.434 e. The molecule has 8 heteroatoms. The van der Waals surface area contributed by atoms with Gasteiger partial charge in [-0.2, -0.15) is 8.78 Å². The number of nitrogens with one attached hydrogen (secondary N) is 1. The predicted octanol–water partition coefficient (Wildman–Crippen LogP) is 2.59. The van der Waals surface area contributed by atoms with E-state index in [0.717, 1.165) is 18.9 Å². The summed E-state index contributed by atoms with van der Waals surface area (Å²) < 4.78 is 29.2. The number of benzene rings is 1. The molecule has 0 unspecified atom stereocenters. The number of aliphatic hydroxyl groups excluding tert-OH is 1. The normalized spacial score (nSPS) is 21.8. The zero-order chi connectivity index (χ0) is 16.1. The van der Waals surface area contributed by atoms with Crippen LogP contribution in [-0.4, -0.2) is 28.8 Å². The summed E-state index contributed by atoms with van der Waals surface area (Å²) in [4.78, 5) is 10.2. The zero-order valence-electron chi connectivity index (χ0n) is 11.9. The number of nitro groups is 1. The lowest BCUT2D eigenvalue weighted by Crippen LogP contribution is -2.34. The maximum Gasteiger partial charge on any atom is 0.387 e. The van der Waals surface area contributed by atoms with Gasteiger partial charge in [-0.3, -0.25) is 10.1 Å². The third kappa shape index (κ3) is 4.60. The van der Waals surface area contributed by atoms with Crippen molar-refractivity contribution in [1.82, 2.24) is 5.32 Å². The number of hydrogen-bond donors (Lipinski definition) is 2. The fourth-order valence-electron chi connectivity index (χ4n) is 2.56. The van der Waals surface area contributed by atoms with Crippen molar-refractivity contribution in [2.45, 2.75) is 51.0 Å². The molecule has 1 aliphatic carbocycles. The quantitative estimate of drug-likeness (QED) is 0.622. The second-order valence-corrected chi connectivity index (χ2v) is 5.31. The molecule has 2 rings (SSSR count). The molecule has 0 atom stereocenters. The molecule has 1 aliphatic rings. The van der Waals surface area contributed by atoms with Gasteiger partial charge in [0.15, 0.2) is 0 Å². The topological polar surface area (TPSA) is 84.6 Å². The van der Waals surface area contributed by atoms with Gasteiger partial charge in [-0.15, -0.1) is 0 Å². The first-order valence-electron chi connectivity index (χ1n) is 7.09. The molecule has 1 saturated carbocycles. The van der Waals surface area contributed by atoms with E-state index in [1.165, 1.54) is 12.1 Å². The van der Waals surface area contributed by atoms with E-state index < -0.39 is 11.5 Å². The summed E-state index contributed by atoms with van der Waals surface area (Å²) in [5.41, 5.74) is 0.151. The van der Waals surface area contributed by atoms with Gasteiger partial charge in [0, 0.05) is 30.3 Å². The van der Waals surface area contributed by atoms with Gasteiger partial charge in [0.05, 0.1) is 11.0 Å². The summed E-state index contributed by atoms with van der Waals surface area (Å²) in [5.74, 6) is -0.0658. The van der Waals surface area contributed by atoms with Crippen molar-refractivity contribution in [1.29, 1.82) is 0 Å². The molecular weight excluding hydrogens is 298 g/mol. The minimum absolute atomic E-state index is 0.0658. The van der Waals surface area contributed by atoms with E-state index in [9.17, 15) is 24.0 Å². The van der Waals surface area contributed by atoms with Crippen LogP contribution in [-0.2, 0) is 6.54 Å². The Kier molecular flexibility index (Phi) is 5.62. The molecule has 0 saturated heterocycles. The summed E-state index contributed by atoms with van der Waals surface area (Å²) in [6, 6.07) is 3.72. The van der Waals surface area contributed by atoms with Crippen molar-refractivity contribution in [3.8, 4) is 5.75 Å². The highest BCUT2D eigenvalue weighted by Crippen LogP contribution is 2.26. The van der Waals surface area contributed by atoms with Gasteiger partial charge >= 0.3 is 6.61 Å². The summed E-state index contributed by atoms with van der Waals surface area (Å²) in [5, 5.41) is 23.4. The number of alkyl halides is 2. The van der Waals surface area contributed by atoms with Crippen LogP contribution < -0.4 is 10.1 Å². The maximum absolute atomic E-state index is 12.4. The third-order valence-electron chi connectivity index (χ3n) is 3.75. The van der Waals surface area contributed by atoms with Gasteiger partial charge in [-0.1, -0.05) is 0 Å². The van der Waals surface area contributed by atoms with Crippen LogP contribution in [0.4, 0.5) is 14.5 Å². The summed E-state index contributed by atoms with van der Waals surface area (Å²) in [6.07, 6.45) is 2.65. The van der Waals surface area contributed by atoms with E-state index in [2.05, 4.69) is 10.1 Å². The average molecular weight is 316 g/mol. The van der Waals surface area contributed by atoms with Crippen LogP contribution in [0.25, 0.3) is 0 Å². The van der Waals surface area contributed by atoms with Crippen molar-refractivity contribution < 1.29 is 23.5 Å². The van der Waals surface area contributed by atoms with Crippen LogP contribution in [0.3, 0.4) is 0 Å². The number of non-ortho nitro benzene ring substituents is 1. The van der Waals surface area contributed by atoms with Crippen LogP contribution in [0.15, 0.2) is 18.2 Å². The Morgan fingerprint density at radius 3 is 2.64 bits per heavy atom. The molecule has 6 nitrogen and oxygen atoms in total. The summed E-state index contributed by atoms with van der Waals surface area (Å²) in [7, 11) is 0. The fourth-order valence-corrected chi connectivity index (χ4v) is 2.56. The number of halogens is 2. The van der Waals surface area contributed by atoms with E-state index in [0.29, 0.717) is 18.4 Å². The Hall–Kier alpha value is -1.80. The SMILES string of the molecule is O=[N+]([O-])c1ccc(OC(F)F)c(CNC2CCC(O)CC2)c1. The maximum atomic E-state index is 12.4. The van der Waals surface area contributed by atoms with Crippen molar-refractivity contribution in [2.24, 2.45) is 0 Å².